The number of hydrogen-bond donors (Lipinski definition) is 1. The van der Waals surface area contributed by atoms with E-state index in [0.29, 0.717) is 10.9 Å². The molecule has 2 heterocycles. The Bertz CT molecular complexity index is 327. The number of nitrogens with zero attached hydrogens (tertiary/aromatic N) is 3. The van der Waals surface area contributed by atoms with Crippen molar-refractivity contribution in [3.63, 3.8) is 0 Å². The van der Waals surface area contributed by atoms with Gasteiger partial charge in [-0.05, 0) is 31.4 Å². The fraction of sp³-hybridized carbons (Fsp3) is 0.667. The SMILES string of the molecule is CNCC1CCCN1C(=O)c1cnns1. The van der Waals surface area contributed by atoms with E-state index in [9.17, 15) is 4.79 Å². The number of nitrogens with one attached hydrogen (secondary N) is 1. The minimum atomic E-state index is 0.0720. The van der Waals surface area contributed by atoms with Crippen molar-refractivity contribution < 1.29 is 4.79 Å². The second-order valence-corrected chi connectivity index (χ2v) is 4.42. The van der Waals surface area contributed by atoms with Crippen molar-refractivity contribution in [3.05, 3.63) is 11.1 Å². The standard InChI is InChI=1S/C9H14N4OS/c1-10-5-7-3-2-4-13(7)9(14)8-6-11-12-15-8/h6-7,10H,2-5H2,1H3. The molecule has 0 aromatic carbocycles. The lowest BCUT2D eigenvalue weighted by atomic mass is 10.2. The van der Waals surface area contributed by atoms with E-state index >= 15 is 0 Å². The minimum absolute atomic E-state index is 0.0720. The molecule has 0 spiro atoms. The maximum Gasteiger partial charge on any atom is 0.267 e. The summed E-state index contributed by atoms with van der Waals surface area (Å²) in [5.74, 6) is 0.0720. The molecule has 1 saturated heterocycles. The third kappa shape index (κ3) is 2.15. The van der Waals surface area contributed by atoms with Crippen LogP contribution in [0.25, 0.3) is 0 Å². The highest BCUT2D eigenvalue weighted by atomic mass is 32.1. The second-order valence-electron chi connectivity index (χ2n) is 3.63. The summed E-state index contributed by atoms with van der Waals surface area (Å²) in [4.78, 5) is 14.6. The molecule has 1 aromatic rings. The number of hydrogen-bond acceptors (Lipinski definition) is 5. The zero-order valence-corrected chi connectivity index (χ0v) is 9.46. The average molecular weight is 226 g/mol. The topological polar surface area (TPSA) is 58.1 Å². The Hall–Kier alpha value is -1.01. The van der Waals surface area contributed by atoms with E-state index in [2.05, 4.69) is 14.9 Å². The number of carbonyl (C=O) groups is 1. The van der Waals surface area contributed by atoms with Gasteiger partial charge in [0.05, 0.1) is 6.20 Å². The van der Waals surface area contributed by atoms with Crippen molar-refractivity contribution in [2.45, 2.75) is 18.9 Å². The van der Waals surface area contributed by atoms with E-state index in [0.717, 1.165) is 25.9 Å². The third-order valence-electron chi connectivity index (χ3n) is 2.65. The number of carbonyl (C=O) groups excluding carboxylic acids is 1. The van der Waals surface area contributed by atoms with E-state index in [-0.39, 0.29) is 5.91 Å². The van der Waals surface area contributed by atoms with Crippen LogP contribution in [0.4, 0.5) is 0 Å². The quantitative estimate of drug-likeness (QED) is 0.808. The molecule has 1 unspecified atom stereocenters. The first-order valence-corrected chi connectivity index (χ1v) is 5.83. The first-order valence-electron chi connectivity index (χ1n) is 5.06. The molecule has 1 aliphatic heterocycles. The molecule has 1 amide bonds. The Morgan fingerprint density at radius 1 is 1.80 bits per heavy atom. The molecule has 0 aliphatic carbocycles. The summed E-state index contributed by atoms with van der Waals surface area (Å²) < 4.78 is 3.71. The summed E-state index contributed by atoms with van der Waals surface area (Å²) in [6.45, 7) is 1.71. The molecule has 2 rings (SSSR count). The summed E-state index contributed by atoms with van der Waals surface area (Å²) in [6.07, 6.45) is 3.71. The molecular formula is C9H14N4OS. The molecular weight excluding hydrogens is 212 g/mol. The average Bonchev–Trinajstić information content (AvgIpc) is 2.87. The van der Waals surface area contributed by atoms with E-state index in [1.807, 2.05) is 11.9 Å². The smallest absolute Gasteiger partial charge is 0.267 e. The van der Waals surface area contributed by atoms with E-state index in [1.54, 1.807) is 6.20 Å². The number of likely N-dealkylation sites (tertiary alicyclic amines) is 1. The van der Waals surface area contributed by atoms with Crippen molar-refractivity contribution >= 4 is 17.4 Å². The molecule has 82 valence electrons. The van der Waals surface area contributed by atoms with Gasteiger partial charge in [0.15, 0.2) is 0 Å². The second kappa shape index (κ2) is 4.67. The molecule has 15 heavy (non-hydrogen) atoms. The van der Waals surface area contributed by atoms with Crippen molar-refractivity contribution in [3.8, 4) is 0 Å². The summed E-state index contributed by atoms with van der Waals surface area (Å²) in [5, 5.41) is 6.81. The monoisotopic (exact) mass is 226 g/mol. The largest absolute Gasteiger partial charge is 0.334 e. The van der Waals surface area contributed by atoms with E-state index < -0.39 is 0 Å². The highest BCUT2D eigenvalue weighted by molar-refractivity contribution is 7.07. The molecule has 1 fully saturated rings. The fourth-order valence-corrected chi connectivity index (χ4v) is 2.43. The number of amides is 1. The fourth-order valence-electron chi connectivity index (χ4n) is 1.95. The molecule has 0 radical (unpaired) electrons. The van der Waals surface area contributed by atoms with Crippen LogP contribution in [0.3, 0.4) is 0 Å². The molecule has 1 aliphatic rings. The predicted molar refractivity (Wildman–Crippen MR) is 57.9 cm³/mol. The first kappa shape index (κ1) is 10.5. The van der Waals surface area contributed by atoms with Crippen molar-refractivity contribution in [1.82, 2.24) is 19.8 Å². The van der Waals surface area contributed by atoms with Gasteiger partial charge in [0, 0.05) is 19.1 Å². The molecule has 0 bridgehead atoms. The molecule has 1 aromatic heterocycles. The van der Waals surface area contributed by atoms with Crippen LogP contribution in [-0.4, -0.2) is 46.6 Å². The Balaban J connectivity index is 2.06. The van der Waals surface area contributed by atoms with Crippen molar-refractivity contribution in [1.29, 1.82) is 0 Å². The lowest BCUT2D eigenvalue weighted by molar-refractivity contribution is 0.0741. The zero-order valence-electron chi connectivity index (χ0n) is 8.64. The van der Waals surface area contributed by atoms with Crippen LogP contribution in [0.2, 0.25) is 0 Å². The maximum absolute atomic E-state index is 12.0. The van der Waals surface area contributed by atoms with Crippen LogP contribution in [-0.2, 0) is 0 Å². The highest BCUT2D eigenvalue weighted by Crippen LogP contribution is 2.20. The normalized spacial score (nSPS) is 20.9. The highest BCUT2D eigenvalue weighted by Gasteiger charge is 2.29. The summed E-state index contributed by atoms with van der Waals surface area (Å²) in [6, 6.07) is 0.324. The molecule has 6 heteroatoms. The van der Waals surface area contributed by atoms with Crippen LogP contribution < -0.4 is 5.32 Å². The third-order valence-corrected chi connectivity index (χ3v) is 3.30. The predicted octanol–water partition coefficient (Wildman–Crippen LogP) is 0.362. The van der Waals surface area contributed by atoms with Gasteiger partial charge >= 0.3 is 0 Å². The maximum atomic E-state index is 12.0. The van der Waals surface area contributed by atoms with Crippen LogP contribution in [0.15, 0.2) is 6.20 Å². The Kier molecular flexibility index (Phi) is 3.27. The lowest BCUT2D eigenvalue weighted by Crippen LogP contribution is -2.40. The zero-order chi connectivity index (χ0) is 10.7. The van der Waals surface area contributed by atoms with Gasteiger partial charge in [0.2, 0.25) is 0 Å². The molecule has 1 N–H and O–H groups in total. The van der Waals surface area contributed by atoms with Gasteiger partial charge in [-0.1, -0.05) is 4.49 Å². The van der Waals surface area contributed by atoms with Gasteiger partial charge in [-0.2, -0.15) is 0 Å². The number of aromatic nitrogens is 2. The summed E-state index contributed by atoms with van der Waals surface area (Å²) >= 11 is 1.17. The first-order chi connectivity index (χ1) is 7.33. The number of likely N-dealkylation sites (N-methyl/N-ethyl adjacent to an activating group) is 1. The van der Waals surface area contributed by atoms with Crippen molar-refractivity contribution in [2.75, 3.05) is 20.1 Å². The van der Waals surface area contributed by atoms with E-state index in [4.69, 9.17) is 0 Å². The molecule has 0 saturated carbocycles. The van der Waals surface area contributed by atoms with Gasteiger partial charge < -0.3 is 10.2 Å². The van der Waals surface area contributed by atoms with Gasteiger partial charge in [0.1, 0.15) is 4.88 Å². The summed E-state index contributed by atoms with van der Waals surface area (Å²) in [5.41, 5.74) is 0. The molecule has 5 nitrogen and oxygen atoms in total. The van der Waals surface area contributed by atoms with Crippen molar-refractivity contribution in [2.24, 2.45) is 0 Å². The van der Waals surface area contributed by atoms with Gasteiger partial charge in [0.25, 0.3) is 5.91 Å². The van der Waals surface area contributed by atoms with Crippen LogP contribution in [0, 0.1) is 0 Å². The Morgan fingerprint density at radius 3 is 3.33 bits per heavy atom. The van der Waals surface area contributed by atoms with E-state index in [1.165, 1.54) is 11.5 Å². The lowest BCUT2D eigenvalue weighted by Gasteiger charge is -2.23. The molecule has 1 atom stereocenters. The van der Waals surface area contributed by atoms with Crippen LogP contribution in [0.1, 0.15) is 22.5 Å². The minimum Gasteiger partial charge on any atom is -0.334 e. The van der Waals surface area contributed by atoms with Gasteiger partial charge in [-0.25, -0.2) is 0 Å². The Morgan fingerprint density at radius 2 is 2.67 bits per heavy atom. The Labute approximate surface area is 92.6 Å². The van der Waals surface area contributed by atoms with Crippen LogP contribution >= 0.6 is 11.5 Å². The number of rotatable bonds is 3. The van der Waals surface area contributed by atoms with Gasteiger partial charge in [-0.15, -0.1) is 5.10 Å². The van der Waals surface area contributed by atoms with Gasteiger partial charge in [-0.3, -0.25) is 4.79 Å². The summed E-state index contributed by atoms with van der Waals surface area (Å²) in [7, 11) is 1.91. The van der Waals surface area contributed by atoms with Crippen LogP contribution in [0.5, 0.6) is 0 Å².